The lowest BCUT2D eigenvalue weighted by Crippen LogP contribution is -2.16. The molecular formula is C13H13FN2O2S. The molecule has 2 rings (SSSR count). The largest absolute Gasteiger partial charge is 0.312 e. The Bertz CT molecular complexity index is 558. The molecule has 1 aromatic carbocycles. The van der Waals surface area contributed by atoms with Gasteiger partial charge in [0.25, 0.3) is 0 Å². The molecule has 0 aliphatic heterocycles. The molecule has 0 aliphatic carbocycles. The molecule has 100 valence electrons. The minimum Gasteiger partial charge on any atom is -0.312 e. The van der Waals surface area contributed by atoms with Gasteiger partial charge in [0.1, 0.15) is 0 Å². The molecule has 19 heavy (non-hydrogen) atoms. The normalized spacial score (nSPS) is 10.6. The second-order valence-corrected chi connectivity index (χ2v) is 4.88. The van der Waals surface area contributed by atoms with Crippen LogP contribution in [-0.2, 0) is 13.0 Å². The molecule has 6 heteroatoms. The van der Waals surface area contributed by atoms with Crippen molar-refractivity contribution in [2.24, 2.45) is 0 Å². The average Bonchev–Trinajstić information content (AvgIpc) is 2.87. The smallest absolute Gasteiger partial charge is 0.304 e. The van der Waals surface area contributed by atoms with Crippen molar-refractivity contribution >= 4 is 17.0 Å². The van der Waals surface area contributed by atoms with Crippen molar-refractivity contribution in [3.8, 4) is 0 Å². The second kappa shape index (κ2) is 6.40. The van der Waals surface area contributed by atoms with Crippen molar-refractivity contribution in [3.05, 3.63) is 62.1 Å². The van der Waals surface area contributed by atoms with E-state index in [1.54, 1.807) is 17.4 Å². The third kappa shape index (κ3) is 3.84. The molecule has 2 aromatic rings. The standard InChI is InChI=1S/C13H13FN2O2S/c14-12-7-11(1-2-13(12)16(17)18)8-15-5-3-10-4-6-19-9-10/h1-2,4,6-7,9,15H,3,5,8H2. The van der Waals surface area contributed by atoms with Crippen LogP contribution in [0.3, 0.4) is 0 Å². The van der Waals surface area contributed by atoms with Crippen LogP contribution in [-0.4, -0.2) is 11.5 Å². The van der Waals surface area contributed by atoms with Gasteiger partial charge in [0.2, 0.25) is 5.82 Å². The molecule has 0 radical (unpaired) electrons. The number of nitro groups is 1. The van der Waals surface area contributed by atoms with Crippen molar-refractivity contribution in [2.75, 3.05) is 6.54 Å². The molecule has 0 saturated carbocycles. The minimum atomic E-state index is -0.790. The van der Waals surface area contributed by atoms with Crippen LogP contribution in [0, 0.1) is 15.9 Å². The van der Waals surface area contributed by atoms with E-state index in [0.717, 1.165) is 13.0 Å². The fraction of sp³-hybridized carbons (Fsp3) is 0.231. The first kappa shape index (κ1) is 13.6. The molecular weight excluding hydrogens is 267 g/mol. The predicted octanol–water partition coefficient (Wildman–Crippen LogP) is 3.13. The van der Waals surface area contributed by atoms with E-state index in [2.05, 4.69) is 16.8 Å². The summed E-state index contributed by atoms with van der Waals surface area (Å²) in [5.41, 5.74) is 1.49. The van der Waals surface area contributed by atoms with Crippen LogP contribution in [0.1, 0.15) is 11.1 Å². The Kier molecular flexibility index (Phi) is 4.59. The molecule has 0 aliphatic rings. The summed E-state index contributed by atoms with van der Waals surface area (Å²) >= 11 is 1.66. The highest BCUT2D eigenvalue weighted by Crippen LogP contribution is 2.17. The third-order valence-corrected chi connectivity index (χ3v) is 3.44. The van der Waals surface area contributed by atoms with Gasteiger partial charge in [-0.15, -0.1) is 0 Å². The summed E-state index contributed by atoms with van der Waals surface area (Å²) in [6.45, 7) is 1.29. The molecule has 0 unspecified atom stereocenters. The van der Waals surface area contributed by atoms with Crippen LogP contribution < -0.4 is 5.32 Å². The summed E-state index contributed by atoms with van der Waals surface area (Å²) in [5, 5.41) is 17.8. The molecule has 0 spiro atoms. The number of halogens is 1. The van der Waals surface area contributed by atoms with E-state index in [-0.39, 0.29) is 0 Å². The van der Waals surface area contributed by atoms with E-state index in [9.17, 15) is 14.5 Å². The Hall–Kier alpha value is -1.79. The topological polar surface area (TPSA) is 55.2 Å². The quantitative estimate of drug-likeness (QED) is 0.502. The summed E-state index contributed by atoms with van der Waals surface area (Å²) in [7, 11) is 0. The molecule has 0 saturated heterocycles. The number of hydrogen-bond donors (Lipinski definition) is 1. The zero-order valence-corrected chi connectivity index (χ0v) is 11.0. The first-order chi connectivity index (χ1) is 9.16. The number of nitro benzene ring substituents is 1. The lowest BCUT2D eigenvalue weighted by Gasteiger charge is -2.04. The van der Waals surface area contributed by atoms with E-state index < -0.39 is 16.4 Å². The van der Waals surface area contributed by atoms with E-state index >= 15 is 0 Å². The SMILES string of the molecule is O=[N+]([O-])c1ccc(CNCCc2ccsc2)cc1F. The zero-order valence-electron chi connectivity index (χ0n) is 10.1. The van der Waals surface area contributed by atoms with Gasteiger partial charge in [-0.2, -0.15) is 15.7 Å². The minimum absolute atomic E-state index is 0.484. The van der Waals surface area contributed by atoms with E-state index in [4.69, 9.17) is 0 Å². The number of nitrogens with one attached hydrogen (secondary N) is 1. The van der Waals surface area contributed by atoms with Gasteiger partial charge in [-0.1, -0.05) is 6.07 Å². The van der Waals surface area contributed by atoms with Gasteiger partial charge in [0.15, 0.2) is 0 Å². The van der Waals surface area contributed by atoms with Crippen LogP contribution in [0.15, 0.2) is 35.0 Å². The first-order valence-corrected chi connectivity index (χ1v) is 6.75. The fourth-order valence-corrected chi connectivity index (χ4v) is 2.41. The summed E-state index contributed by atoms with van der Waals surface area (Å²) in [5.74, 6) is -0.790. The lowest BCUT2D eigenvalue weighted by atomic mass is 10.2. The van der Waals surface area contributed by atoms with Crippen molar-refractivity contribution in [1.29, 1.82) is 0 Å². The molecule has 0 fully saturated rings. The third-order valence-electron chi connectivity index (χ3n) is 2.71. The van der Waals surface area contributed by atoms with E-state index in [0.29, 0.717) is 12.1 Å². The number of hydrogen-bond acceptors (Lipinski definition) is 4. The Morgan fingerprint density at radius 1 is 1.32 bits per heavy atom. The second-order valence-electron chi connectivity index (χ2n) is 4.10. The van der Waals surface area contributed by atoms with E-state index in [1.807, 2.05) is 5.38 Å². The van der Waals surface area contributed by atoms with Crippen LogP contribution >= 0.6 is 11.3 Å². The van der Waals surface area contributed by atoms with E-state index in [1.165, 1.54) is 17.7 Å². The molecule has 0 bridgehead atoms. The highest BCUT2D eigenvalue weighted by Gasteiger charge is 2.13. The van der Waals surface area contributed by atoms with Gasteiger partial charge in [0.05, 0.1) is 4.92 Å². The Morgan fingerprint density at radius 2 is 2.16 bits per heavy atom. The van der Waals surface area contributed by atoms with Gasteiger partial charge < -0.3 is 5.32 Å². The van der Waals surface area contributed by atoms with Crippen LogP contribution in [0.5, 0.6) is 0 Å². The summed E-state index contributed by atoms with van der Waals surface area (Å²) in [6, 6.07) is 6.04. The number of nitrogens with zero attached hydrogens (tertiary/aromatic N) is 1. The monoisotopic (exact) mass is 280 g/mol. The van der Waals surface area contributed by atoms with Gasteiger partial charge in [0, 0.05) is 12.6 Å². The van der Waals surface area contributed by atoms with Crippen LogP contribution in [0.4, 0.5) is 10.1 Å². The molecule has 4 nitrogen and oxygen atoms in total. The number of rotatable bonds is 6. The molecule has 1 aromatic heterocycles. The summed E-state index contributed by atoms with van der Waals surface area (Å²) < 4.78 is 13.4. The Balaban J connectivity index is 1.83. The maximum absolute atomic E-state index is 13.4. The summed E-state index contributed by atoms with van der Waals surface area (Å²) in [6.07, 6.45) is 0.916. The number of benzene rings is 1. The highest BCUT2D eigenvalue weighted by atomic mass is 32.1. The average molecular weight is 280 g/mol. The van der Waals surface area contributed by atoms with Crippen molar-refractivity contribution in [1.82, 2.24) is 5.32 Å². The van der Waals surface area contributed by atoms with Gasteiger partial charge in [-0.05, 0) is 47.0 Å². The lowest BCUT2D eigenvalue weighted by molar-refractivity contribution is -0.387. The van der Waals surface area contributed by atoms with Crippen LogP contribution in [0.25, 0.3) is 0 Å². The van der Waals surface area contributed by atoms with Gasteiger partial charge in [-0.25, -0.2) is 0 Å². The van der Waals surface area contributed by atoms with Crippen LogP contribution in [0.2, 0.25) is 0 Å². The van der Waals surface area contributed by atoms with Crippen molar-refractivity contribution in [3.63, 3.8) is 0 Å². The highest BCUT2D eigenvalue weighted by molar-refractivity contribution is 7.07. The van der Waals surface area contributed by atoms with Crippen molar-refractivity contribution in [2.45, 2.75) is 13.0 Å². The predicted molar refractivity (Wildman–Crippen MR) is 72.8 cm³/mol. The maximum atomic E-state index is 13.4. The zero-order chi connectivity index (χ0) is 13.7. The molecule has 1 heterocycles. The molecule has 0 amide bonds. The fourth-order valence-electron chi connectivity index (χ4n) is 1.71. The van der Waals surface area contributed by atoms with Gasteiger partial charge >= 0.3 is 5.69 Å². The Labute approximate surface area is 114 Å². The maximum Gasteiger partial charge on any atom is 0.304 e. The van der Waals surface area contributed by atoms with Gasteiger partial charge in [-0.3, -0.25) is 10.1 Å². The Morgan fingerprint density at radius 3 is 2.79 bits per heavy atom. The number of thiophene rings is 1. The van der Waals surface area contributed by atoms with Crippen molar-refractivity contribution < 1.29 is 9.31 Å². The summed E-state index contributed by atoms with van der Waals surface area (Å²) in [4.78, 5) is 9.76. The molecule has 1 N–H and O–H groups in total. The molecule has 0 atom stereocenters. The first-order valence-electron chi connectivity index (χ1n) is 5.81.